The number of hydrogen-bond acceptors (Lipinski definition) is 4. The number of hydrogen-bond donors (Lipinski definition) is 2. The molecule has 1 amide bonds. The Kier molecular flexibility index (Phi) is 4.89. The standard InChI is InChI=1S/C21H22N2O2S/c24-20-16(11-10-14-8-4-12-22-18(14)20)19(17-9-5-13-26-17)23-21(25)15-6-2-1-3-7-15/h4-5,8-13,15,19,24H,1-3,6-7H2,(H,23,25)/t19-/m0/s1. The number of phenols is 1. The molecule has 134 valence electrons. The molecule has 2 aromatic heterocycles. The summed E-state index contributed by atoms with van der Waals surface area (Å²) in [7, 11) is 0. The lowest BCUT2D eigenvalue weighted by atomic mass is 9.88. The molecule has 2 N–H and O–H groups in total. The van der Waals surface area contributed by atoms with E-state index in [-0.39, 0.29) is 23.6 Å². The number of aromatic nitrogens is 1. The van der Waals surface area contributed by atoms with Gasteiger partial charge < -0.3 is 10.4 Å². The van der Waals surface area contributed by atoms with Crippen LogP contribution in [0.4, 0.5) is 0 Å². The van der Waals surface area contributed by atoms with E-state index >= 15 is 0 Å². The maximum absolute atomic E-state index is 12.8. The molecule has 1 saturated carbocycles. The number of amides is 1. The Morgan fingerprint density at radius 3 is 2.77 bits per heavy atom. The van der Waals surface area contributed by atoms with Gasteiger partial charge in [-0.05, 0) is 30.4 Å². The average Bonchev–Trinajstić information content (AvgIpc) is 3.22. The smallest absolute Gasteiger partial charge is 0.223 e. The van der Waals surface area contributed by atoms with Gasteiger partial charge >= 0.3 is 0 Å². The number of nitrogens with one attached hydrogen (secondary N) is 1. The van der Waals surface area contributed by atoms with E-state index in [1.54, 1.807) is 17.5 Å². The zero-order valence-corrected chi connectivity index (χ0v) is 15.3. The SMILES string of the molecule is O=C(N[C@H](c1cccs1)c1ccc2cccnc2c1O)C1CCCCC1. The molecule has 0 spiro atoms. The van der Waals surface area contributed by atoms with Gasteiger partial charge in [0.1, 0.15) is 11.3 Å². The van der Waals surface area contributed by atoms with Crippen molar-refractivity contribution in [3.8, 4) is 5.75 Å². The number of benzene rings is 1. The van der Waals surface area contributed by atoms with E-state index in [1.165, 1.54) is 6.42 Å². The molecule has 26 heavy (non-hydrogen) atoms. The Bertz CT molecular complexity index is 902. The average molecular weight is 366 g/mol. The van der Waals surface area contributed by atoms with Gasteiger partial charge in [-0.3, -0.25) is 9.78 Å². The van der Waals surface area contributed by atoms with E-state index in [0.717, 1.165) is 35.9 Å². The van der Waals surface area contributed by atoms with Gasteiger partial charge in [0.25, 0.3) is 0 Å². The molecule has 1 atom stereocenters. The van der Waals surface area contributed by atoms with Crippen LogP contribution in [0.1, 0.15) is 48.6 Å². The summed E-state index contributed by atoms with van der Waals surface area (Å²) in [6, 6.07) is 11.2. The van der Waals surface area contributed by atoms with Gasteiger partial charge in [0.15, 0.2) is 0 Å². The molecule has 0 unspecified atom stereocenters. The fourth-order valence-corrected chi connectivity index (χ4v) is 4.55. The minimum Gasteiger partial charge on any atom is -0.505 e. The molecule has 3 aromatic rings. The monoisotopic (exact) mass is 366 g/mol. The van der Waals surface area contributed by atoms with Crippen LogP contribution >= 0.6 is 11.3 Å². The van der Waals surface area contributed by atoms with Crippen molar-refractivity contribution in [1.29, 1.82) is 0 Å². The Hall–Kier alpha value is -2.40. The summed E-state index contributed by atoms with van der Waals surface area (Å²) in [5.41, 5.74) is 1.27. The number of carbonyl (C=O) groups is 1. The summed E-state index contributed by atoms with van der Waals surface area (Å²) in [5.74, 6) is 0.306. The van der Waals surface area contributed by atoms with E-state index < -0.39 is 0 Å². The molecule has 1 aliphatic carbocycles. The summed E-state index contributed by atoms with van der Waals surface area (Å²) in [4.78, 5) is 18.2. The van der Waals surface area contributed by atoms with Crippen molar-refractivity contribution in [2.24, 2.45) is 5.92 Å². The van der Waals surface area contributed by atoms with Crippen LogP contribution < -0.4 is 5.32 Å². The van der Waals surface area contributed by atoms with Crippen LogP contribution in [-0.2, 0) is 4.79 Å². The van der Waals surface area contributed by atoms with Crippen molar-refractivity contribution < 1.29 is 9.90 Å². The second-order valence-corrected chi connectivity index (χ2v) is 7.85. The van der Waals surface area contributed by atoms with Gasteiger partial charge in [-0.15, -0.1) is 11.3 Å². The van der Waals surface area contributed by atoms with E-state index in [1.807, 2.05) is 41.8 Å². The fraction of sp³-hybridized carbons (Fsp3) is 0.333. The third-order valence-corrected chi connectivity index (χ3v) is 6.12. The predicted molar refractivity (Wildman–Crippen MR) is 104 cm³/mol. The first kappa shape index (κ1) is 17.0. The lowest BCUT2D eigenvalue weighted by Crippen LogP contribution is -2.35. The number of aromatic hydroxyl groups is 1. The topological polar surface area (TPSA) is 62.2 Å². The highest BCUT2D eigenvalue weighted by Gasteiger charge is 2.27. The third kappa shape index (κ3) is 3.31. The molecule has 1 aliphatic rings. The Balaban J connectivity index is 1.70. The fourth-order valence-electron chi connectivity index (χ4n) is 3.76. The Labute approximate surface area is 156 Å². The molecule has 0 aliphatic heterocycles. The number of nitrogens with zero attached hydrogens (tertiary/aromatic N) is 1. The summed E-state index contributed by atoms with van der Waals surface area (Å²) in [5, 5.41) is 16.9. The maximum Gasteiger partial charge on any atom is 0.223 e. The highest BCUT2D eigenvalue weighted by Crippen LogP contribution is 2.36. The van der Waals surface area contributed by atoms with E-state index in [2.05, 4.69) is 10.3 Å². The van der Waals surface area contributed by atoms with Gasteiger partial charge in [0, 0.05) is 27.9 Å². The highest BCUT2D eigenvalue weighted by atomic mass is 32.1. The zero-order chi connectivity index (χ0) is 17.9. The molecule has 0 saturated heterocycles. The normalized spacial score (nSPS) is 16.5. The second-order valence-electron chi connectivity index (χ2n) is 6.87. The molecule has 0 bridgehead atoms. The van der Waals surface area contributed by atoms with Crippen molar-refractivity contribution in [2.45, 2.75) is 38.1 Å². The lowest BCUT2D eigenvalue weighted by molar-refractivity contribution is -0.126. The molecule has 4 nitrogen and oxygen atoms in total. The van der Waals surface area contributed by atoms with Gasteiger partial charge in [0.2, 0.25) is 5.91 Å². The van der Waals surface area contributed by atoms with Gasteiger partial charge in [-0.25, -0.2) is 0 Å². The summed E-state index contributed by atoms with van der Waals surface area (Å²) >= 11 is 1.58. The van der Waals surface area contributed by atoms with Crippen LogP contribution in [-0.4, -0.2) is 16.0 Å². The number of pyridine rings is 1. The van der Waals surface area contributed by atoms with Crippen molar-refractivity contribution in [3.63, 3.8) is 0 Å². The Morgan fingerprint density at radius 2 is 2.00 bits per heavy atom. The van der Waals surface area contributed by atoms with Gasteiger partial charge in [-0.2, -0.15) is 0 Å². The minimum absolute atomic E-state index is 0.0759. The highest BCUT2D eigenvalue weighted by molar-refractivity contribution is 7.10. The molecule has 1 aromatic carbocycles. The Morgan fingerprint density at radius 1 is 1.15 bits per heavy atom. The zero-order valence-electron chi connectivity index (χ0n) is 14.5. The molecule has 2 heterocycles. The number of rotatable bonds is 4. The molecule has 5 heteroatoms. The van der Waals surface area contributed by atoms with Crippen molar-refractivity contribution >= 4 is 28.1 Å². The number of carbonyl (C=O) groups excluding carboxylic acids is 1. The van der Waals surface area contributed by atoms with Crippen LogP contribution in [0.25, 0.3) is 10.9 Å². The number of fused-ring (bicyclic) bond motifs is 1. The first-order chi connectivity index (χ1) is 12.7. The summed E-state index contributed by atoms with van der Waals surface area (Å²) in [6.07, 6.45) is 7.03. The molecular formula is C21H22N2O2S. The minimum atomic E-state index is -0.351. The second kappa shape index (κ2) is 7.46. The molecule has 0 radical (unpaired) electrons. The number of thiophene rings is 1. The first-order valence-corrected chi connectivity index (χ1v) is 10.0. The van der Waals surface area contributed by atoms with Crippen LogP contribution in [0.2, 0.25) is 0 Å². The van der Waals surface area contributed by atoms with Crippen molar-refractivity contribution in [2.75, 3.05) is 0 Å². The van der Waals surface area contributed by atoms with E-state index in [0.29, 0.717) is 11.1 Å². The summed E-state index contributed by atoms with van der Waals surface area (Å²) in [6.45, 7) is 0. The van der Waals surface area contributed by atoms with Crippen LogP contribution in [0, 0.1) is 5.92 Å². The first-order valence-electron chi connectivity index (χ1n) is 9.14. The predicted octanol–water partition coefficient (Wildman–Crippen LogP) is 4.79. The molecule has 1 fully saturated rings. The quantitative estimate of drug-likeness (QED) is 0.698. The third-order valence-electron chi connectivity index (χ3n) is 5.18. The van der Waals surface area contributed by atoms with Gasteiger partial charge in [-0.1, -0.05) is 43.5 Å². The van der Waals surface area contributed by atoms with Crippen molar-refractivity contribution in [3.05, 3.63) is 58.4 Å². The van der Waals surface area contributed by atoms with E-state index in [9.17, 15) is 9.90 Å². The maximum atomic E-state index is 12.8. The summed E-state index contributed by atoms with van der Waals surface area (Å²) < 4.78 is 0. The van der Waals surface area contributed by atoms with Gasteiger partial charge in [0.05, 0.1) is 6.04 Å². The van der Waals surface area contributed by atoms with Crippen LogP contribution in [0.5, 0.6) is 5.75 Å². The van der Waals surface area contributed by atoms with E-state index in [4.69, 9.17) is 0 Å². The largest absolute Gasteiger partial charge is 0.505 e. The molecular weight excluding hydrogens is 344 g/mol. The van der Waals surface area contributed by atoms with Crippen molar-refractivity contribution in [1.82, 2.24) is 10.3 Å². The van der Waals surface area contributed by atoms with Crippen LogP contribution in [0.15, 0.2) is 48.0 Å². The van der Waals surface area contributed by atoms with Crippen LogP contribution in [0.3, 0.4) is 0 Å². The molecule has 4 rings (SSSR count). The lowest BCUT2D eigenvalue weighted by Gasteiger charge is -2.25. The number of phenolic OH excluding ortho intramolecular Hbond substituents is 1.